The molecule has 0 spiro atoms. The third-order valence-corrected chi connectivity index (χ3v) is 1.50. The maximum absolute atomic E-state index is 10.6. The monoisotopic (exact) mass is 157 g/mol. The van der Waals surface area contributed by atoms with E-state index in [9.17, 15) is 4.79 Å². The molecule has 0 rings (SSSR count). The van der Waals surface area contributed by atoms with Gasteiger partial charge in [-0.2, -0.15) is 0 Å². The lowest BCUT2D eigenvalue weighted by molar-refractivity contribution is -0.125. The summed E-state index contributed by atoms with van der Waals surface area (Å²) < 4.78 is 0. The Balaban J connectivity index is 3.44. The van der Waals surface area contributed by atoms with E-state index in [1.807, 2.05) is 0 Å². The summed E-state index contributed by atoms with van der Waals surface area (Å²) in [6, 6.07) is 0. The Morgan fingerprint density at radius 1 is 1.55 bits per heavy atom. The maximum Gasteiger partial charge on any atom is 0.269 e. The summed E-state index contributed by atoms with van der Waals surface area (Å²) in [5.41, 5.74) is 2.00. The standard InChI is InChI=1S/C8H15NO2/c1-3-4-5-6-7(2)8(10)9-11/h11H,2-6H2,1H3,(H,9,10). The van der Waals surface area contributed by atoms with Gasteiger partial charge in [0.2, 0.25) is 0 Å². The third-order valence-electron chi connectivity index (χ3n) is 1.50. The van der Waals surface area contributed by atoms with E-state index in [-0.39, 0.29) is 0 Å². The van der Waals surface area contributed by atoms with Crippen molar-refractivity contribution < 1.29 is 10.0 Å². The smallest absolute Gasteiger partial charge is 0.269 e. The van der Waals surface area contributed by atoms with Crippen LogP contribution in [0.1, 0.15) is 32.6 Å². The van der Waals surface area contributed by atoms with Crippen molar-refractivity contribution in [1.82, 2.24) is 5.48 Å². The van der Waals surface area contributed by atoms with Crippen LogP contribution in [-0.2, 0) is 4.79 Å². The van der Waals surface area contributed by atoms with Crippen molar-refractivity contribution in [2.24, 2.45) is 0 Å². The van der Waals surface area contributed by atoms with Crippen LogP contribution in [0.15, 0.2) is 12.2 Å². The second-order valence-corrected chi connectivity index (χ2v) is 2.50. The molecule has 3 nitrogen and oxygen atoms in total. The molecule has 0 aromatic heterocycles. The number of hydrogen-bond acceptors (Lipinski definition) is 2. The summed E-state index contributed by atoms with van der Waals surface area (Å²) in [7, 11) is 0. The molecule has 2 N–H and O–H groups in total. The second-order valence-electron chi connectivity index (χ2n) is 2.50. The molecule has 0 unspecified atom stereocenters. The summed E-state index contributed by atoms with van der Waals surface area (Å²) >= 11 is 0. The molecule has 3 heteroatoms. The van der Waals surface area contributed by atoms with Gasteiger partial charge in [0.25, 0.3) is 5.91 Å². The lowest BCUT2D eigenvalue weighted by atomic mass is 10.1. The molecular weight excluding hydrogens is 142 g/mol. The van der Waals surface area contributed by atoms with Crippen molar-refractivity contribution >= 4 is 5.91 Å². The Kier molecular flexibility index (Phi) is 5.47. The maximum atomic E-state index is 10.6. The number of amides is 1. The largest absolute Gasteiger partial charge is 0.288 e. The van der Waals surface area contributed by atoms with Gasteiger partial charge in [-0.1, -0.05) is 26.3 Å². The van der Waals surface area contributed by atoms with Gasteiger partial charge in [0.1, 0.15) is 0 Å². The van der Waals surface area contributed by atoms with Gasteiger partial charge in [-0.05, 0) is 12.8 Å². The number of hydrogen-bond donors (Lipinski definition) is 2. The van der Waals surface area contributed by atoms with Crippen LogP contribution in [0, 0.1) is 0 Å². The van der Waals surface area contributed by atoms with E-state index >= 15 is 0 Å². The SMILES string of the molecule is C=C(CCCCC)C(=O)NO. The molecule has 0 radical (unpaired) electrons. The van der Waals surface area contributed by atoms with Crippen molar-refractivity contribution in [3.05, 3.63) is 12.2 Å². The van der Waals surface area contributed by atoms with Gasteiger partial charge in [-0.3, -0.25) is 10.0 Å². The Morgan fingerprint density at radius 3 is 2.64 bits per heavy atom. The zero-order chi connectivity index (χ0) is 8.69. The first-order valence-electron chi connectivity index (χ1n) is 3.84. The highest BCUT2D eigenvalue weighted by molar-refractivity contribution is 5.91. The summed E-state index contributed by atoms with van der Waals surface area (Å²) in [5.74, 6) is -0.471. The molecule has 0 saturated heterocycles. The van der Waals surface area contributed by atoms with Crippen LogP contribution in [0.3, 0.4) is 0 Å². The number of unbranched alkanes of at least 4 members (excludes halogenated alkanes) is 2. The van der Waals surface area contributed by atoms with E-state index < -0.39 is 5.91 Å². The normalized spacial score (nSPS) is 9.27. The van der Waals surface area contributed by atoms with Crippen LogP contribution >= 0.6 is 0 Å². The van der Waals surface area contributed by atoms with Gasteiger partial charge in [0.15, 0.2) is 0 Å². The fourth-order valence-electron chi connectivity index (χ4n) is 0.781. The average molecular weight is 157 g/mol. The summed E-state index contributed by atoms with van der Waals surface area (Å²) in [6.07, 6.45) is 3.84. The van der Waals surface area contributed by atoms with Crippen LogP contribution < -0.4 is 5.48 Å². The van der Waals surface area contributed by atoms with Gasteiger partial charge in [0, 0.05) is 5.57 Å². The van der Waals surface area contributed by atoms with E-state index in [0.29, 0.717) is 12.0 Å². The Bertz CT molecular complexity index is 143. The van der Waals surface area contributed by atoms with E-state index in [1.54, 1.807) is 5.48 Å². The number of carbonyl (C=O) groups is 1. The quantitative estimate of drug-likeness (QED) is 0.276. The molecule has 1 amide bonds. The highest BCUT2D eigenvalue weighted by Gasteiger charge is 2.03. The molecule has 0 saturated carbocycles. The Morgan fingerprint density at radius 2 is 2.18 bits per heavy atom. The minimum atomic E-state index is -0.471. The van der Waals surface area contributed by atoms with Gasteiger partial charge >= 0.3 is 0 Å². The van der Waals surface area contributed by atoms with Crippen LogP contribution in [0.2, 0.25) is 0 Å². The highest BCUT2D eigenvalue weighted by Crippen LogP contribution is 2.06. The van der Waals surface area contributed by atoms with E-state index in [1.165, 1.54) is 0 Å². The molecule has 0 aliphatic rings. The molecule has 0 bridgehead atoms. The minimum absolute atomic E-state index is 0.445. The topological polar surface area (TPSA) is 49.3 Å². The number of nitrogens with one attached hydrogen (secondary N) is 1. The van der Waals surface area contributed by atoms with Crippen LogP contribution in [0.25, 0.3) is 0 Å². The van der Waals surface area contributed by atoms with Gasteiger partial charge in [-0.25, -0.2) is 5.48 Å². The lowest BCUT2D eigenvalue weighted by Crippen LogP contribution is -2.20. The molecule has 0 fully saturated rings. The van der Waals surface area contributed by atoms with E-state index in [4.69, 9.17) is 5.21 Å². The zero-order valence-corrected chi connectivity index (χ0v) is 6.89. The van der Waals surface area contributed by atoms with Gasteiger partial charge in [-0.15, -0.1) is 0 Å². The lowest BCUT2D eigenvalue weighted by Gasteiger charge is -2.01. The zero-order valence-electron chi connectivity index (χ0n) is 6.89. The average Bonchev–Trinajstić information content (AvgIpc) is 2.03. The van der Waals surface area contributed by atoms with Gasteiger partial charge in [0.05, 0.1) is 0 Å². The van der Waals surface area contributed by atoms with Crippen molar-refractivity contribution in [1.29, 1.82) is 0 Å². The minimum Gasteiger partial charge on any atom is -0.288 e. The first-order chi connectivity index (χ1) is 5.22. The van der Waals surface area contributed by atoms with E-state index in [2.05, 4.69) is 13.5 Å². The van der Waals surface area contributed by atoms with Crippen LogP contribution in [0.5, 0.6) is 0 Å². The number of hydroxylamine groups is 1. The fraction of sp³-hybridized carbons (Fsp3) is 0.625. The highest BCUT2D eigenvalue weighted by atomic mass is 16.5. The molecule has 11 heavy (non-hydrogen) atoms. The Labute approximate surface area is 67.1 Å². The first kappa shape index (κ1) is 10.2. The van der Waals surface area contributed by atoms with Crippen molar-refractivity contribution in [2.45, 2.75) is 32.6 Å². The van der Waals surface area contributed by atoms with Crippen molar-refractivity contribution in [2.75, 3.05) is 0 Å². The van der Waals surface area contributed by atoms with Crippen molar-refractivity contribution in [3.8, 4) is 0 Å². The summed E-state index contributed by atoms with van der Waals surface area (Å²) in [4.78, 5) is 10.6. The summed E-state index contributed by atoms with van der Waals surface area (Å²) in [6.45, 7) is 5.62. The van der Waals surface area contributed by atoms with Crippen molar-refractivity contribution in [3.63, 3.8) is 0 Å². The summed E-state index contributed by atoms with van der Waals surface area (Å²) in [5, 5.41) is 8.20. The predicted molar refractivity (Wildman–Crippen MR) is 43.2 cm³/mol. The van der Waals surface area contributed by atoms with Crippen LogP contribution in [-0.4, -0.2) is 11.1 Å². The molecule has 0 heterocycles. The third kappa shape index (κ3) is 4.56. The van der Waals surface area contributed by atoms with Crippen LogP contribution in [0.4, 0.5) is 0 Å². The van der Waals surface area contributed by atoms with E-state index in [0.717, 1.165) is 19.3 Å². The molecule has 0 aliphatic heterocycles. The molecule has 0 atom stereocenters. The molecule has 0 aromatic carbocycles. The first-order valence-corrected chi connectivity index (χ1v) is 3.84. The molecule has 64 valence electrons. The fourth-order valence-corrected chi connectivity index (χ4v) is 0.781. The molecule has 0 aliphatic carbocycles. The molecular formula is C8H15NO2. The molecule has 0 aromatic rings. The number of carbonyl (C=O) groups excluding carboxylic acids is 1. The van der Waals surface area contributed by atoms with Gasteiger partial charge < -0.3 is 0 Å². The second kappa shape index (κ2) is 5.92. The predicted octanol–water partition coefficient (Wildman–Crippen LogP) is 1.63. The Hall–Kier alpha value is -0.830. The number of rotatable bonds is 5.